The van der Waals surface area contributed by atoms with Gasteiger partial charge in [-0.05, 0) is 25.4 Å². The second-order valence-corrected chi connectivity index (χ2v) is 5.38. The summed E-state index contributed by atoms with van der Waals surface area (Å²) in [6, 6.07) is 0. The minimum atomic E-state index is -0.764. The number of morpholine rings is 1. The lowest BCUT2D eigenvalue weighted by Gasteiger charge is -2.28. The molecule has 3 heterocycles. The standard InChI is InChI=1S/C12H14ClN3O3/c1-12(2)8-7(10(17)19-12)9(15-11(13)14-8)16-3-5-18-6-4-16/h3-6H2,1-2H3. The van der Waals surface area contributed by atoms with Crippen LogP contribution in [0.2, 0.25) is 5.28 Å². The second kappa shape index (κ2) is 4.31. The van der Waals surface area contributed by atoms with E-state index in [0.717, 1.165) is 0 Å². The van der Waals surface area contributed by atoms with Crippen LogP contribution in [0.5, 0.6) is 0 Å². The Bertz CT molecular complexity index is 541. The van der Waals surface area contributed by atoms with E-state index in [1.54, 1.807) is 13.8 Å². The highest BCUT2D eigenvalue weighted by molar-refractivity contribution is 6.28. The quantitative estimate of drug-likeness (QED) is 0.573. The van der Waals surface area contributed by atoms with Crippen LogP contribution in [0, 0.1) is 0 Å². The van der Waals surface area contributed by atoms with Gasteiger partial charge in [0.25, 0.3) is 0 Å². The van der Waals surface area contributed by atoms with Gasteiger partial charge in [0.15, 0.2) is 0 Å². The van der Waals surface area contributed by atoms with Gasteiger partial charge in [-0.3, -0.25) is 0 Å². The summed E-state index contributed by atoms with van der Waals surface area (Å²) in [5.74, 6) is 0.159. The number of carbonyl (C=O) groups excluding carboxylic acids is 1. The number of anilines is 1. The molecule has 1 saturated heterocycles. The van der Waals surface area contributed by atoms with Crippen molar-refractivity contribution in [1.29, 1.82) is 0 Å². The summed E-state index contributed by atoms with van der Waals surface area (Å²) in [6.07, 6.45) is 0. The van der Waals surface area contributed by atoms with Gasteiger partial charge in [0.2, 0.25) is 5.28 Å². The molecule has 0 aromatic carbocycles. The summed E-state index contributed by atoms with van der Waals surface area (Å²) in [6.45, 7) is 6.15. The zero-order chi connectivity index (χ0) is 13.6. The highest BCUT2D eigenvalue weighted by Crippen LogP contribution is 2.39. The first kappa shape index (κ1) is 12.6. The van der Waals surface area contributed by atoms with E-state index in [2.05, 4.69) is 9.97 Å². The number of fused-ring (bicyclic) bond motifs is 1. The normalized spacial score (nSPS) is 21.2. The lowest BCUT2D eigenvalue weighted by Crippen LogP contribution is -2.37. The number of halogens is 1. The van der Waals surface area contributed by atoms with Gasteiger partial charge in [-0.2, -0.15) is 4.98 Å². The Morgan fingerprint density at radius 3 is 2.63 bits per heavy atom. The van der Waals surface area contributed by atoms with E-state index in [1.165, 1.54) is 0 Å². The topological polar surface area (TPSA) is 64.5 Å². The molecule has 102 valence electrons. The third-order valence-corrected chi connectivity index (χ3v) is 3.46. The van der Waals surface area contributed by atoms with E-state index < -0.39 is 11.6 Å². The Labute approximate surface area is 115 Å². The predicted molar refractivity (Wildman–Crippen MR) is 68.5 cm³/mol. The van der Waals surface area contributed by atoms with E-state index >= 15 is 0 Å². The number of aromatic nitrogens is 2. The first-order valence-corrected chi connectivity index (χ1v) is 6.51. The van der Waals surface area contributed by atoms with Crippen molar-refractivity contribution in [3.8, 4) is 0 Å². The molecule has 1 aromatic rings. The fourth-order valence-corrected chi connectivity index (χ4v) is 2.55. The number of ether oxygens (including phenoxy) is 2. The maximum Gasteiger partial charge on any atom is 0.344 e. The molecule has 0 N–H and O–H groups in total. The van der Waals surface area contributed by atoms with Crippen LogP contribution in [0.25, 0.3) is 0 Å². The molecule has 7 heteroatoms. The molecule has 1 aromatic heterocycles. The van der Waals surface area contributed by atoms with Crippen molar-refractivity contribution >= 4 is 23.4 Å². The van der Waals surface area contributed by atoms with Crippen molar-refractivity contribution in [2.45, 2.75) is 19.4 Å². The van der Waals surface area contributed by atoms with Crippen molar-refractivity contribution in [2.75, 3.05) is 31.2 Å². The molecule has 0 atom stereocenters. The van der Waals surface area contributed by atoms with Crippen molar-refractivity contribution in [2.24, 2.45) is 0 Å². The van der Waals surface area contributed by atoms with Crippen molar-refractivity contribution in [3.63, 3.8) is 0 Å². The Balaban J connectivity index is 2.13. The summed E-state index contributed by atoms with van der Waals surface area (Å²) in [4.78, 5) is 22.4. The molecule has 6 nitrogen and oxygen atoms in total. The largest absolute Gasteiger partial charge is 0.449 e. The summed E-state index contributed by atoms with van der Waals surface area (Å²) in [7, 11) is 0. The van der Waals surface area contributed by atoms with Crippen molar-refractivity contribution in [3.05, 3.63) is 16.5 Å². The smallest absolute Gasteiger partial charge is 0.344 e. The van der Waals surface area contributed by atoms with E-state index in [4.69, 9.17) is 21.1 Å². The van der Waals surface area contributed by atoms with E-state index in [9.17, 15) is 4.79 Å². The number of nitrogens with zero attached hydrogens (tertiary/aromatic N) is 3. The molecule has 2 aliphatic heterocycles. The SMILES string of the molecule is CC1(C)OC(=O)c2c(N3CCOCC3)nc(Cl)nc21. The van der Waals surface area contributed by atoms with Crippen LogP contribution >= 0.6 is 11.6 Å². The van der Waals surface area contributed by atoms with Gasteiger partial charge < -0.3 is 14.4 Å². The van der Waals surface area contributed by atoms with E-state index in [-0.39, 0.29) is 5.28 Å². The average molecular weight is 284 g/mol. The second-order valence-electron chi connectivity index (χ2n) is 5.04. The monoisotopic (exact) mass is 283 g/mol. The Morgan fingerprint density at radius 1 is 1.26 bits per heavy atom. The first-order chi connectivity index (χ1) is 8.99. The third kappa shape index (κ3) is 2.04. The highest BCUT2D eigenvalue weighted by Gasteiger charge is 2.43. The first-order valence-electron chi connectivity index (χ1n) is 6.13. The average Bonchev–Trinajstić information content (AvgIpc) is 2.60. The molecule has 0 aliphatic carbocycles. The third-order valence-electron chi connectivity index (χ3n) is 3.30. The van der Waals surface area contributed by atoms with Gasteiger partial charge >= 0.3 is 5.97 Å². The van der Waals surface area contributed by atoms with Crippen LogP contribution in [-0.4, -0.2) is 42.2 Å². The molecule has 2 aliphatic rings. The summed E-state index contributed by atoms with van der Waals surface area (Å²) in [5, 5.41) is 0.131. The maximum atomic E-state index is 12.1. The Hall–Kier alpha value is -1.40. The number of esters is 1. The molecular formula is C12H14ClN3O3. The Morgan fingerprint density at radius 2 is 1.95 bits per heavy atom. The Kier molecular flexibility index (Phi) is 2.87. The highest BCUT2D eigenvalue weighted by atomic mass is 35.5. The fourth-order valence-electron chi connectivity index (χ4n) is 2.38. The van der Waals surface area contributed by atoms with Crippen molar-refractivity contribution < 1.29 is 14.3 Å². The summed E-state index contributed by atoms with van der Waals surface area (Å²) >= 11 is 5.98. The molecule has 0 bridgehead atoms. The van der Waals surface area contributed by atoms with Gasteiger partial charge in [-0.1, -0.05) is 0 Å². The zero-order valence-corrected chi connectivity index (χ0v) is 11.5. The van der Waals surface area contributed by atoms with Gasteiger partial charge in [0.1, 0.15) is 22.7 Å². The number of hydrogen-bond donors (Lipinski definition) is 0. The molecule has 19 heavy (non-hydrogen) atoms. The van der Waals surface area contributed by atoms with Crippen LogP contribution in [0.4, 0.5) is 5.82 Å². The lowest BCUT2D eigenvalue weighted by atomic mass is 10.0. The van der Waals surface area contributed by atoms with E-state index in [0.29, 0.717) is 43.4 Å². The molecule has 0 unspecified atom stereocenters. The van der Waals surface area contributed by atoms with Crippen molar-refractivity contribution in [1.82, 2.24) is 9.97 Å². The number of rotatable bonds is 1. The molecule has 0 spiro atoms. The number of cyclic esters (lactones) is 1. The predicted octanol–water partition coefficient (Wildman–Crippen LogP) is 1.37. The van der Waals surface area contributed by atoms with Gasteiger partial charge in [-0.15, -0.1) is 0 Å². The van der Waals surface area contributed by atoms with Crippen LogP contribution in [0.3, 0.4) is 0 Å². The molecular weight excluding hydrogens is 270 g/mol. The van der Waals surface area contributed by atoms with Crippen LogP contribution in [-0.2, 0) is 15.1 Å². The summed E-state index contributed by atoms with van der Waals surface area (Å²) in [5.41, 5.74) is 0.218. The van der Waals surface area contributed by atoms with Crippen LogP contribution in [0.15, 0.2) is 0 Å². The molecule has 0 saturated carbocycles. The fraction of sp³-hybridized carbons (Fsp3) is 0.583. The molecule has 0 radical (unpaired) electrons. The molecule has 0 amide bonds. The summed E-state index contributed by atoms with van der Waals surface area (Å²) < 4.78 is 10.7. The zero-order valence-electron chi connectivity index (χ0n) is 10.8. The molecule has 1 fully saturated rings. The van der Waals surface area contributed by atoms with Gasteiger partial charge in [-0.25, -0.2) is 9.78 Å². The number of carbonyl (C=O) groups is 1. The minimum absolute atomic E-state index is 0.131. The van der Waals surface area contributed by atoms with E-state index in [1.807, 2.05) is 4.90 Å². The van der Waals surface area contributed by atoms with Crippen LogP contribution in [0.1, 0.15) is 29.9 Å². The maximum absolute atomic E-state index is 12.1. The van der Waals surface area contributed by atoms with Gasteiger partial charge in [0.05, 0.1) is 13.2 Å². The van der Waals surface area contributed by atoms with Gasteiger partial charge in [0, 0.05) is 13.1 Å². The molecule has 3 rings (SSSR count). The van der Waals surface area contributed by atoms with Crippen LogP contribution < -0.4 is 4.90 Å². The lowest BCUT2D eigenvalue weighted by molar-refractivity contribution is 0.00832. The minimum Gasteiger partial charge on any atom is -0.449 e. The number of hydrogen-bond acceptors (Lipinski definition) is 6.